The van der Waals surface area contributed by atoms with Crippen LogP contribution in [0.2, 0.25) is 0 Å². The van der Waals surface area contributed by atoms with Crippen molar-refractivity contribution in [2.75, 3.05) is 16.2 Å². The van der Waals surface area contributed by atoms with E-state index in [2.05, 4.69) is 10.0 Å². The van der Waals surface area contributed by atoms with Crippen molar-refractivity contribution in [1.29, 1.82) is 0 Å². The lowest BCUT2D eigenvalue weighted by Gasteiger charge is -2.16. The summed E-state index contributed by atoms with van der Waals surface area (Å²) in [5.41, 5.74) is 3.08. The minimum absolute atomic E-state index is 0.0583. The number of carbonyl (C=O) groups excluding carboxylic acids is 2. The van der Waals surface area contributed by atoms with Crippen LogP contribution in [0.5, 0.6) is 0 Å². The number of nitrogens with one attached hydrogen (secondary N) is 2. The molecule has 0 unspecified atom stereocenters. The Balaban J connectivity index is 1.46. The molecule has 166 valence electrons. The molecule has 1 saturated heterocycles. The van der Waals surface area contributed by atoms with Crippen LogP contribution in [0.3, 0.4) is 0 Å². The van der Waals surface area contributed by atoms with Gasteiger partial charge in [-0.05, 0) is 54.6 Å². The summed E-state index contributed by atoms with van der Waals surface area (Å²) < 4.78 is 28.2. The molecule has 1 aliphatic heterocycles. The number of amides is 2. The van der Waals surface area contributed by atoms with E-state index in [1.807, 2.05) is 43.3 Å². The zero-order valence-corrected chi connectivity index (χ0v) is 19.1. The molecule has 0 aliphatic carbocycles. The molecule has 0 spiro atoms. The summed E-state index contributed by atoms with van der Waals surface area (Å²) in [6.45, 7) is 2.83. The number of benzene rings is 2. The predicted octanol–water partition coefficient (Wildman–Crippen LogP) is 3.91. The maximum absolute atomic E-state index is 12.8. The van der Waals surface area contributed by atoms with Gasteiger partial charge in [-0.3, -0.25) is 14.3 Å². The van der Waals surface area contributed by atoms with Gasteiger partial charge >= 0.3 is 0 Å². The molecule has 9 heteroatoms. The third kappa shape index (κ3) is 4.84. The molecule has 0 bridgehead atoms. The van der Waals surface area contributed by atoms with E-state index in [1.54, 1.807) is 22.4 Å². The number of hydrogen-bond acceptors (Lipinski definition) is 5. The van der Waals surface area contributed by atoms with Gasteiger partial charge in [-0.1, -0.05) is 29.8 Å². The highest BCUT2D eigenvalue weighted by Crippen LogP contribution is 2.25. The Bertz CT molecular complexity index is 1250. The number of thiophene rings is 1. The summed E-state index contributed by atoms with van der Waals surface area (Å²) in [6, 6.07) is 15.8. The maximum Gasteiger partial charge on any atom is 0.263 e. The summed E-state index contributed by atoms with van der Waals surface area (Å²) in [7, 11) is -3.91. The van der Waals surface area contributed by atoms with Crippen LogP contribution < -0.4 is 14.9 Å². The molecular formula is C23H23N3O4S2. The van der Waals surface area contributed by atoms with Crippen LogP contribution in [-0.4, -0.2) is 26.8 Å². The zero-order valence-electron chi connectivity index (χ0n) is 17.5. The fraction of sp³-hybridized carbons (Fsp3) is 0.217. The van der Waals surface area contributed by atoms with Gasteiger partial charge in [-0.2, -0.15) is 0 Å². The molecule has 0 saturated carbocycles. The van der Waals surface area contributed by atoms with Crippen LogP contribution in [0.25, 0.3) is 0 Å². The third-order valence-electron chi connectivity index (χ3n) is 5.18. The number of rotatable bonds is 7. The number of anilines is 2. The van der Waals surface area contributed by atoms with Crippen LogP contribution in [0, 0.1) is 6.92 Å². The Hall–Kier alpha value is -3.17. The molecule has 1 aliphatic rings. The minimum Gasteiger partial charge on any atom is -0.347 e. The molecule has 0 radical (unpaired) electrons. The van der Waals surface area contributed by atoms with Gasteiger partial charge in [0, 0.05) is 30.9 Å². The third-order valence-corrected chi connectivity index (χ3v) is 7.64. The lowest BCUT2D eigenvalue weighted by atomic mass is 10.2. The van der Waals surface area contributed by atoms with E-state index in [4.69, 9.17) is 0 Å². The first-order valence-corrected chi connectivity index (χ1v) is 12.5. The Morgan fingerprint density at radius 3 is 2.62 bits per heavy atom. The molecule has 4 rings (SSSR count). The Morgan fingerprint density at radius 1 is 1.12 bits per heavy atom. The van der Waals surface area contributed by atoms with Crippen LogP contribution in [0.15, 0.2) is 64.9 Å². The molecule has 2 heterocycles. The SMILES string of the molecule is Cc1ccc(NS(=O)(=O)c2ccsc2C(=O)NCc2cccc(N3CCCC3=O)c2)cc1. The van der Waals surface area contributed by atoms with E-state index >= 15 is 0 Å². The van der Waals surface area contributed by atoms with Crippen molar-refractivity contribution in [2.24, 2.45) is 0 Å². The molecule has 1 aromatic heterocycles. The van der Waals surface area contributed by atoms with Crippen molar-refractivity contribution in [1.82, 2.24) is 5.32 Å². The van der Waals surface area contributed by atoms with Crippen LogP contribution in [-0.2, 0) is 21.4 Å². The summed E-state index contributed by atoms with van der Waals surface area (Å²) >= 11 is 1.07. The van der Waals surface area contributed by atoms with E-state index in [9.17, 15) is 18.0 Å². The van der Waals surface area contributed by atoms with E-state index in [0.29, 0.717) is 18.7 Å². The number of sulfonamides is 1. The molecule has 0 atom stereocenters. The number of nitrogens with zero attached hydrogens (tertiary/aromatic N) is 1. The standard InChI is InChI=1S/C23H23N3O4S2/c1-16-7-9-18(10-8-16)25-32(29,30)20-11-13-31-22(20)23(28)24-15-17-4-2-5-19(14-17)26-12-3-6-21(26)27/h2,4-5,7-11,13-14,25H,3,6,12,15H2,1H3,(H,24,28). The number of hydrogen-bond donors (Lipinski definition) is 2. The molecule has 2 N–H and O–H groups in total. The monoisotopic (exact) mass is 469 g/mol. The Labute approximate surface area is 191 Å². The summed E-state index contributed by atoms with van der Waals surface area (Å²) in [4.78, 5) is 26.6. The molecular weight excluding hydrogens is 446 g/mol. The average Bonchev–Trinajstić information content (AvgIpc) is 3.43. The summed E-state index contributed by atoms with van der Waals surface area (Å²) in [6.07, 6.45) is 1.39. The van der Waals surface area contributed by atoms with Gasteiger partial charge in [-0.15, -0.1) is 11.3 Å². The lowest BCUT2D eigenvalue weighted by Crippen LogP contribution is -2.26. The topological polar surface area (TPSA) is 95.6 Å². The van der Waals surface area contributed by atoms with Crippen molar-refractivity contribution in [3.05, 3.63) is 76.0 Å². The fourth-order valence-electron chi connectivity index (χ4n) is 3.52. The van der Waals surface area contributed by atoms with Gasteiger partial charge in [-0.25, -0.2) is 8.42 Å². The quantitative estimate of drug-likeness (QED) is 0.548. The first-order valence-electron chi connectivity index (χ1n) is 10.2. The van der Waals surface area contributed by atoms with Gasteiger partial charge in [0.25, 0.3) is 15.9 Å². The van der Waals surface area contributed by atoms with Crippen molar-refractivity contribution in [3.8, 4) is 0 Å². The zero-order chi connectivity index (χ0) is 22.7. The van der Waals surface area contributed by atoms with Gasteiger partial charge in [0.15, 0.2) is 0 Å². The molecule has 7 nitrogen and oxygen atoms in total. The van der Waals surface area contributed by atoms with Crippen molar-refractivity contribution < 1.29 is 18.0 Å². The molecule has 2 aromatic carbocycles. The minimum atomic E-state index is -3.91. The molecule has 1 fully saturated rings. The number of carbonyl (C=O) groups is 2. The van der Waals surface area contributed by atoms with Gasteiger partial charge in [0.2, 0.25) is 5.91 Å². The van der Waals surface area contributed by atoms with Gasteiger partial charge < -0.3 is 10.2 Å². The average molecular weight is 470 g/mol. The van der Waals surface area contributed by atoms with Crippen molar-refractivity contribution in [3.63, 3.8) is 0 Å². The molecule has 3 aromatic rings. The van der Waals surface area contributed by atoms with Crippen LogP contribution in [0.4, 0.5) is 11.4 Å². The second-order valence-corrected chi connectivity index (χ2v) is 10.2. The number of aryl methyl sites for hydroxylation is 1. The van der Waals surface area contributed by atoms with E-state index < -0.39 is 15.9 Å². The lowest BCUT2D eigenvalue weighted by molar-refractivity contribution is -0.117. The predicted molar refractivity (Wildman–Crippen MR) is 126 cm³/mol. The fourth-order valence-corrected chi connectivity index (χ4v) is 5.93. The van der Waals surface area contributed by atoms with Crippen molar-refractivity contribution >= 4 is 44.5 Å². The van der Waals surface area contributed by atoms with E-state index in [0.717, 1.165) is 34.6 Å². The van der Waals surface area contributed by atoms with Gasteiger partial charge in [0.05, 0.1) is 0 Å². The van der Waals surface area contributed by atoms with Crippen LogP contribution in [0.1, 0.15) is 33.6 Å². The summed E-state index contributed by atoms with van der Waals surface area (Å²) in [5, 5.41) is 4.37. The van der Waals surface area contributed by atoms with Crippen molar-refractivity contribution in [2.45, 2.75) is 31.2 Å². The second-order valence-electron chi connectivity index (χ2n) is 7.59. The Kier molecular flexibility index (Phi) is 6.29. The molecule has 32 heavy (non-hydrogen) atoms. The summed E-state index contributed by atoms with van der Waals surface area (Å²) in [5.74, 6) is -0.368. The normalized spacial score (nSPS) is 13.9. The highest BCUT2D eigenvalue weighted by atomic mass is 32.2. The van der Waals surface area contributed by atoms with Crippen LogP contribution >= 0.6 is 11.3 Å². The van der Waals surface area contributed by atoms with Gasteiger partial charge in [0.1, 0.15) is 9.77 Å². The van der Waals surface area contributed by atoms with E-state index in [-0.39, 0.29) is 22.2 Å². The highest BCUT2D eigenvalue weighted by Gasteiger charge is 2.25. The second kappa shape index (κ2) is 9.13. The maximum atomic E-state index is 12.8. The smallest absolute Gasteiger partial charge is 0.263 e. The molecule has 2 amide bonds. The highest BCUT2D eigenvalue weighted by molar-refractivity contribution is 7.93. The first-order chi connectivity index (χ1) is 15.3. The first kappa shape index (κ1) is 22.0. The largest absolute Gasteiger partial charge is 0.347 e. The Morgan fingerprint density at radius 2 is 1.91 bits per heavy atom. The van der Waals surface area contributed by atoms with E-state index in [1.165, 1.54) is 6.07 Å².